The zero-order valence-corrected chi connectivity index (χ0v) is 20.8. The molecule has 0 atom stereocenters. The van der Waals surface area contributed by atoms with Crippen LogP contribution in [0.15, 0.2) is 12.1 Å². The van der Waals surface area contributed by atoms with Gasteiger partial charge in [-0.25, -0.2) is 0 Å². The molecule has 1 aliphatic rings. The molecule has 0 unspecified atom stereocenters. The van der Waals surface area contributed by atoms with Crippen molar-refractivity contribution in [1.82, 2.24) is 0 Å². The van der Waals surface area contributed by atoms with Crippen LogP contribution in [0.4, 0.5) is 0 Å². The van der Waals surface area contributed by atoms with E-state index in [1.807, 2.05) is 13.8 Å². The van der Waals surface area contributed by atoms with E-state index in [9.17, 15) is 19.8 Å². The summed E-state index contributed by atoms with van der Waals surface area (Å²) in [5.74, 6) is -1.30. The Morgan fingerprint density at radius 3 is 2.06 bits per heavy atom. The van der Waals surface area contributed by atoms with Crippen molar-refractivity contribution < 1.29 is 19.8 Å². The molecule has 180 valence electrons. The van der Waals surface area contributed by atoms with Crippen molar-refractivity contribution in [3.8, 4) is 0 Å². The molecule has 2 N–H and O–H groups in total. The highest BCUT2D eigenvalue weighted by Crippen LogP contribution is 2.50. The highest BCUT2D eigenvalue weighted by Gasteiger charge is 2.49. The van der Waals surface area contributed by atoms with E-state index in [0.29, 0.717) is 0 Å². The van der Waals surface area contributed by atoms with Crippen LogP contribution >= 0.6 is 0 Å². The summed E-state index contributed by atoms with van der Waals surface area (Å²) in [6.07, 6.45) is 14.4. The minimum Gasteiger partial charge on any atom is -0.481 e. The predicted molar refractivity (Wildman–Crippen MR) is 130 cm³/mol. The molecule has 1 aromatic rings. The van der Waals surface area contributed by atoms with E-state index in [1.54, 1.807) is 0 Å². The quantitative estimate of drug-likeness (QED) is 0.263. The molecule has 1 aliphatic carbocycles. The number of carboxylic acid groups (broad SMARTS) is 2. The van der Waals surface area contributed by atoms with Gasteiger partial charge in [0.05, 0.1) is 10.8 Å². The second-order valence-corrected chi connectivity index (χ2v) is 10.8. The third-order valence-electron chi connectivity index (χ3n) is 7.43. The van der Waals surface area contributed by atoms with Gasteiger partial charge in [-0.1, -0.05) is 56.2 Å². The van der Waals surface area contributed by atoms with Crippen LogP contribution in [-0.2, 0) is 22.4 Å². The first-order valence-electron chi connectivity index (χ1n) is 12.6. The van der Waals surface area contributed by atoms with E-state index in [2.05, 4.69) is 26.0 Å². The lowest BCUT2D eigenvalue weighted by molar-refractivity contribution is -0.147. The number of hydrogen-bond acceptors (Lipinski definition) is 2. The van der Waals surface area contributed by atoms with Gasteiger partial charge in [-0.15, -0.1) is 0 Å². The second kappa shape index (κ2) is 11.9. The Bertz CT molecular complexity index is 774. The molecule has 0 bridgehead atoms. The number of hydrogen-bond donors (Lipinski definition) is 2. The standard InChI is InChI=1S/C28H44O4/c1-21-19-22(2)24(14-10-6-8-12-16-28(17-18-28)26(31)32)23(20-21)13-9-5-7-11-15-27(3,4)25(29)30/h19-20H,5-18H2,1-4H3,(H,29,30)(H,31,32). The van der Waals surface area contributed by atoms with Crippen molar-refractivity contribution in [3.63, 3.8) is 0 Å². The van der Waals surface area contributed by atoms with Crippen LogP contribution in [0, 0.1) is 24.7 Å². The lowest BCUT2D eigenvalue weighted by Crippen LogP contribution is -2.23. The summed E-state index contributed by atoms with van der Waals surface area (Å²) in [4.78, 5) is 22.5. The van der Waals surface area contributed by atoms with Crippen LogP contribution in [0.5, 0.6) is 0 Å². The van der Waals surface area contributed by atoms with Gasteiger partial charge in [-0.2, -0.15) is 0 Å². The Hall–Kier alpha value is -1.84. The largest absolute Gasteiger partial charge is 0.481 e. The maximum absolute atomic E-state index is 11.3. The number of benzene rings is 1. The highest BCUT2D eigenvalue weighted by atomic mass is 16.4. The van der Waals surface area contributed by atoms with E-state index in [-0.39, 0.29) is 5.41 Å². The number of rotatable bonds is 16. The Balaban J connectivity index is 1.72. The Morgan fingerprint density at radius 1 is 0.875 bits per heavy atom. The van der Waals surface area contributed by atoms with E-state index in [4.69, 9.17) is 0 Å². The van der Waals surface area contributed by atoms with Crippen LogP contribution in [0.1, 0.15) is 113 Å². The van der Waals surface area contributed by atoms with Gasteiger partial charge in [-0.05, 0) is 95.8 Å². The maximum Gasteiger partial charge on any atom is 0.309 e. The van der Waals surface area contributed by atoms with Crippen LogP contribution in [0.2, 0.25) is 0 Å². The molecule has 0 radical (unpaired) electrons. The Kier molecular flexibility index (Phi) is 9.79. The number of carbonyl (C=O) groups is 2. The van der Waals surface area contributed by atoms with Crippen LogP contribution in [0.25, 0.3) is 0 Å². The first kappa shape index (κ1) is 26.4. The summed E-state index contributed by atoms with van der Waals surface area (Å²) in [6.45, 7) is 8.02. The van der Waals surface area contributed by atoms with Crippen molar-refractivity contribution >= 4 is 11.9 Å². The fourth-order valence-corrected chi connectivity index (χ4v) is 4.85. The number of aliphatic carboxylic acids is 2. The number of aryl methyl sites for hydroxylation is 3. The third kappa shape index (κ3) is 7.94. The fourth-order valence-electron chi connectivity index (χ4n) is 4.85. The smallest absolute Gasteiger partial charge is 0.309 e. The zero-order valence-electron chi connectivity index (χ0n) is 20.8. The SMILES string of the molecule is Cc1cc(C)c(CCCCCCC2(C(=O)O)CC2)c(CCCCCCC(C)(C)C(=O)O)c1. The van der Waals surface area contributed by atoms with E-state index in [1.165, 1.54) is 35.1 Å². The number of unbranched alkanes of at least 4 members (excludes halogenated alkanes) is 6. The summed E-state index contributed by atoms with van der Waals surface area (Å²) in [5, 5.41) is 18.5. The average molecular weight is 445 g/mol. The molecule has 0 aromatic heterocycles. The van der Waals surface area contributed by atoms with Gasteiger partial charge in [0, 0.05) is 0 Å². The van der Waals surface area contributed by atoms with E-state index >= 15 is 0 Å². The highest BCUT2D eigenvalue weighted by molar-refractivity contribution is 5.77. The van der Waals surface area contributed by atoms with Gasteiger partial charge in [0.1, 0.15) is 0 Å². The lowest BCUT2D eigenvalue weighted by atomic mass is 9.86. The minimum atomic E-state index is -0.702. The van der Waals surface area contributed by atoms with Gasteiger partial charge in [0.25, 0.3) is 0 Å². The Morgan fingerprint density at radius 2 is 1.47 bits per heavy atom. The van der Waals surface area contributed by atoms with Crippen LogP contribution in [-0.4, -0.2) is 22.2 Å². The minimum absolute atomic E-state index is 0.371. The van der Waals surface area contributed by atoms with Gasteiger partial charge in [-0.3, -0.25) is 9.59 Å². The molecule has 0 saturated heterocycles. The van der Waals surface area contributed by atoms with Crippen molar-refractivity contribution in [2.75, 3.05) is 0 Å². The zero-order chi connectivity index (χ0) is 23.8. The monoisotopic (exact) mass is 444 g/mol. The molecule has 32 heavy (non-hydrogen) atoms. The first-order valence-corrected chi connectivity index (χ1v) is 12.6. The van der Waals surface area contributed by atoms with Crippen molar-refractivity contribution in [2.45, 2.75) is 118 Å². The topological polar surface area (TPSA) is 74.6 Å². The maximum atomic E-state index is 11.3. The summed E-state index contributed by atoms with van der Waals surface area (Å²) >= 11 is 0. The van der Waals surface area contributed by atoms with E-state index in [0.717, 1.165) is 77.0 Å². The molecule has 1 saturated carbocycles. The molecule has 4 nitrogen and oxygen atoms in total. The van der Waals surface area contributed by atoms with Gasteiger partial charge < -0.3 is 10.2 Å². The predicted octanol–water partition coefficient (Wildman–Crippen LogP) is 7.27. The summed E-state index contributed by atoms with van der Waals surface area (Å²) < 4.78 is 0. The Labute approximate surface area is 194 Å². The first-order chi connectivity index (χ1) is 15.1. The van der Waals surface area contributed by atoms with E-state index < -0.39 is 17.4 Å². The van der Waals surface area contributed by atoms with Crippen molar-refractivity contribution in [2.24, 2.45) is 10.8 Å². The molecule has 1 fully saturated rings. The van der Waals surface area contributed by atoms with Crippen molar-refractivity contribution in [1.29, 1.82) is 0 Å². The summed E-state index contributed by atoms with van der Waals surface area (Å²) in [6, 6.07) is 4.64. The number of carboxylic acids is 2. The molecule has 0 amide bonds. The molecule has 0 heterocycles. The molecular weight excluding hydrogens is 400 g/mol. The fraction of sp³-hybridized carbons (Fsp3) is 0.714. The molecule has 4 heteroatoms. The molecule has 2 rings (SSSR count). The molecular formula is C28H44O4. The second-order valence-electron chi connectivity index (χ2n) is 10.8. The third-order valence-corrected chi connectivity index (χ3v) is 7.43. The van der Waals surface area contributed by atoms with Crippen LogP contribution in [0.3, 0.4) is 0 Å². The molecule has 1 aromatic carbocycles. The normalized spacial score (nSPS) is 15.0. The van der Waals surface area contributed by atoms with Crippen LogP contribution < -0.4 is 0 Å². The van der Waals surface area contributed by atoms with Gasteiger partial charge in [0.2, 0.25) is 0 Å². The summed E-state index contributed by atoms with van der Waals surface area (Å²) in [7, 11) is 0. The lowest BCUT2D eigenvalue weighted by Gasteiger charge is -2.18. The van der Waals surface area contributed by atoms with Gasteiger partial charge >= 0.3 is 11.9 Å². The summed E-state index contributed by atoms with van der Waals surface area (Å²) in [5.41, 5.74) is 4.72. The van der Waals surface area contributed by atoms with Crippen molar-refractivity contribution in [3.05, 3.63) is 34.4 Å². The average Bonchev–Trinajstić information content (AvgIpc) is 3.49. The molecule has 0 spiro atoms. The van der Waals surface area contributed by atoms with Gasteiger partial charge in [0.15, 0.2) is 0 Å². The molecule has 0 aliphatic heterocycles.